The van der Waals surface area contributed by atoms with Crippen LogP contribution in [0.3, 0.4) is 0 Å². The number of carbonyl (C=O) groups excluding carboxylic acids is 2. The van der Waals surface area contributed by atoms with E-state index >= 15 is 0 Å². The fourth-order valence-corrected chi connectivity index (χ4v) is 4.31. The number of methoxy groups -OCH3 is 1. The summed E-state index contributed by atoms with van der Waals surface area (Å²) in [4.78, 5) is 31.4. The van der Waals surface area contributed by atoms with Crippen molar-refractivity contribution in [2.24, 2.45) is 4.99 Å². The lowest BCUT2D eigenvalue weighted by Crippen LogP contribution is -2.38. The summed E-state index contributed by atoms with van der Waals surface area (Å²) in [6.45, 7) is 4.37. The second-order valence-corrected chi connectivity index (χ2v) is 7.51. The topological polar surface area (TPSA) is 80.2 Å². The van der Waals surface area contributed by atoms with Gasteiger partial charge < -0.3 is 19.7 Å². The van der Waals surface area contributed by atoms with Gasteiger partial charge in [-0.3, -0.25) is 4.79 Å². The molecule has 30 heavy (non-hydrogen) atoms. The van der Waals surface area contributed by atoms with Gasteiger partial charge in [0.05, 0.1) is 30.3 Å². The molecule has 0 spiro atoms. The van der Waals surface area contributed by atoms with Gasteiger partial charge in [-0.1, -0.05) is 30.0 Å². The van der Waals surface area contributed by atoms with Crippen LogP contribution in [0.25, 0.3) is 0 Å². The first-order chi connectivity index (χ1) is 14.5. The van der Waals surface area contributed by atoms with Gasteiger partial charge >= 0.3 is 5.97 Å². The van der Waals surface area contributed by atoms with Crippen molar-refractivity contribution in [1.29, 1.82) is 0 Å². The van der Waals surface area contributed by atoms with Crippen molar-refractivity contribution >= 4 is 28.8 Å². The van der Waals surface area contributed by atoms with Gasteiger partial charge in [-0.25, -0.2) is 14.2 Å². The molecule has 1 amide bonds. The van der Waals surface area contributed by atoms with E-state index in [0.29, 0.717) is 28.7 Å². The number of hydrogen-bond donors (Lipinski definition) is 1. The Balaban J connectivity index is 2.02. The number of carbonyl (C=O) groups is 2. The van der Waals surface area contributed by atoms with Crippen LogP contribution in [-0.2, 0) is 19.1 Å². The number of nitrogens with one attached hydrogen (secondary N) is 1. The number of amides is 1. The average molecular weight is 434 g/mol. The molecule has 1 N–H and O–H groups in total. The van der Waals surface area contributed by atoms with Crippen molar-refractivity contribution in [2.75, 3.05) is 26.9 Å². The summed E-state index contributed by atoms with van der Waals surface area (Å²) in [7, 11) is 1.51. The van der Waals surface area contributed by atoms with Crippen LogP contribution < -0.4 is 5.32 Å². The highest BCUT2D eigenvalue weighted by molar-refractivity contribution is 8.16. The summed E-state index contributed by atoms with van der Waals surface area (Å²) in [5.41, 5.74) is 1.65. The predicted octanol–water partition coefficient (Wildman–Crippen LogP) is 3.12. The smallest absolute Gasteiger partial charge is 0.338 e. The summed E-state index contributed by atoms with van der Waals surface area (Å²) in [5, 5.41) is 5.17. The van der Waals surface area contributed by atoms with Gasteiger partial charge in [0.15, 0.2) is 5.17 Å². The summed E-state index contributed by atoms with van der Waals surface area (Å²) in [6.07, 6.45) is 0.0931. The number of ether oxygens (including phenoxy) is 2. The molecular formula is C21H24FN3O4S. The molecular weight excluding hydrogens is 409 g/mol. The molecule has 2 aliphatic heterocycles. The number of hydrogen-bond acceptors (Lipinski definition) is 7. The number of benzene rings is 1. The normalized spacial score (nSPS) is 18.0. The van der Waals surface area contributed by atoms with E-state index in [4.69, 9.17) is 9.47 Å². The highest BCUT2D eigenvalue weighted by Crippen LogP contribution is 2.45. The van der Waals surface area contributed by atoms with Crippen molar-refractivity contribution in [3.05, 3.63) is 58.0 Å². The molecule has 0 saturated heterocycles. The zero-order valence-electron chi connectivity index (χ0n) is 17.1. The molecule has 0 aliphatic carbocycles. The van der Waals surface area contributed by atoms with E-state index < -0.39 is 17.8 Å². The maximum absolute atomic E-state index is 14.8. The first-order valence-corrected chi connectivity index (χ1v) is 10.5. The fraction of sp³-hybridized carbons (Fsp3) is 0.381. The van der Waals surface area contributed by atoms with Crippen LogP contribution in [0.15, 0.2) is 51.6 Å². The van der Waals surface area contributed by atoms with E-state index in [9.17, 15) is 14.0 Å². The van der Waals surface area contributed by atoms with Crippen LogP contribution in [-0.4, -0.2) is 48.8 Å². The number of aliphatic imine (C=N–C) groups is 1. The first-order valence-electron chi connectivity index (χ1n) is 9.59. The van der Waals surface area contributed by atoms with Crippen molar-refractivity contribution < 1.29 is 23.5 Å². The number of rotatable bonds is 8. The molecule has 9 heteroatoms. The third-order valence-electron chi connectivity index (χ3n) is 4.66. The average Bonchev–Trinajstić information content (AvgIpc) is 3.09. The van der Waals surface area contributed by atoms with Gasteiger partial charge in [-0.15, -0.1) is 0 Å². The number of thioether (sulfide) groups is 1. The van der Waals surface area contributed by atoms with Crippen LogP contribution in [0, 0.1) is 5.82 Å². The second-order valence-electron chi connectivity index (χ2n) is 6.67. The van der Waals surface area contributed by atoms with E-state index in [-0.39, 0.29) is 31.1 Å². The zero-order chi connectivity index (χ0) is 21.7. The van der Waals surface area contributed by atoms with Crippen LogP contribution in [0.5, 0.6) is 0 Å². The minimum atomic E-state index is -0.788. The van der Waals surface area contributed by atoms with Crippen LogP contribution in [0.1, 0.15) is 31.9 Å². The minimum absolute atomic E-state index is 0.0724. The highest BCUT2D eigenvalue weighted by Gasteiger charge is 2.42. The molecule has 160 valence electrons. The van der Waals surface area contributed by atoms with Crippen LogP contribution >= 0.6 is 11.8 Å². The zero-order valence-corrected chi connectivity index (χ0v) is 17.9. The largest absolute Gasteiger partial charge is 0.460 e. The number of amidine groups is 1. The van der Waals surface area contributed by atoms with Crippen LogP contribution in [0.2, 0.25) is 0 Å². The fourth-order valence-electron chi connectivity index (χ4n) is 3.34. The lowest BCUT2D eigenvalue weighted by atomic mass is 9.93. The van der Waals surface area contributed by atoms with Gasteiger partial charge in [0, 0.05) is 24.9 Å². The molecule has 7 nitrogen and oxygen atoms in total. The van der Waals surface area contributed by atoms with Crippen molar-refractivity contribution in [3.63, 3.8) is 0 Å². The molecule has 3 rings (SSSR count). The number of nitrogens with zero attached hydrogens (tertiary/aromatic N) is 2. The Morgan fingerprint density at radius 1 is 1.30 bits per heavy atom. The van der Waals surface area contributed by atoms with Crippen molar-refractivity contribution in [3.8, 4) is 0 Å². The third-order valence-corrected chi connectivity index (χ3v) is 5.55. The Kier molecular flexibility index (Phi) is 7.28. The maximum Gasteiger partial charge on any atom is 0.338 e. The Morgan fingerprint density at radius 2 is 2.07 bits per heavy atom. The van der Waals surface area contributed by atoms with Gasteiger partial charge in [0.25, 0.3) is 0 Å². The molecule has 1 aromatic rings. The predicted molar refractivity (Wildman–Crippen MR) is 113 cm³/mol. The molecule has 1 atom stereocenters. The van der Waals surface area contributed by atoms with Gasteiger partial charge in [-0.05, 0) is 25.3 Å². The lowest BCUT2D eigenvalue weighted by molar-refractivity contribution is -0.141. The van der Waals surface area contributed by atoms with E-state index in [1.54, 1.807) is 30.0 Å². The molecule has 0 fully saturated rings. The molecule has 0 bridgehead atoms. The third kappa shape index (κ3) is 4.57. The SMILES string of the molecule is CCNC(=O)CC1=CSC2=NC(C)=C(C(=O)OCCOC)C(c3ccccc3F)N12. The highest BCUT2D eigenvalue weighted by atomic mass is 32.2. The summed E-state index contributed by atoms with van der Waals surface area (Å²) >= 11 is 1.34. The Labute approximate surface area is 179 Å². The monoisotopic (exact) mass is 433 g/mol. The van der Waals surface area contributed by atoms with E-state index in [1.807, 2.05) is 12.3 Å². The lowest BCUT2D eigenvalue weighted by Gasteiger charge is -2.36. The van der Waals surface area contributed by atoms with Crippen LogP contribution in [0.4, 0.5) is 4.39 Å². The van der Waals surface area contributed by atoms with Gasteiger partial charge in [-0.2, -0.15) is 0 Å². The second kappa shape index (κ2) is 9.90. The Morgan fingerprint density at radius 3 is 2.77 bits per heavy atom. The van der Waals surface area contributed by atoms with Crippen molar-refractivity contribution in [1.82, 2.24) is 10.2 Å². The van der Waals surface area contributed by atoms with E-state index in [2.05, 4.69) is 10.3 Å². The van der Waals surface area contributed by atoms with E-state index in [0.717, 1.165) is 0 Å². The molecule has 2 aliphatic rings. The molecule has 2 heterocycles. The molecule has 1 unspecified atom stereocenters. The number of halogens is 1. The minimum Gasteiger partial charge on any atom is -0.460 e. The van der Waals surface area contributed by atoms with E-state index in [1.165, 1.54) is 24.9 Å². The van der Waals surface area contributed by atoms with Crippen molar-refractivity contribution in [2.45, 2.75) is 26.3 Å². The van der Waals surface area contributed by atoms with Gasteiger partial charge in [0.1, 0.15) is 12.4 Å². The van der Waals surface area contributed by atoms with Gasteiger partial charge in [0.2, 0.25) is 5.91 Å². The summed E-state index contributed by atoms with van der Waals surface area (Å²) in [5.74, 6) is -1.20. The number of allylic oxidation sites excluding steroid dienone is 1. The number of esters is 1. The maximum atomic E-state index is 14.8. The molecule has 0 saturated carbocycles. The molecule has 0 radical (unpaired) electrons. The molecule has 1 aromatic carbocycles. The quantitative estimate of drug-likeness (QED) is 0.501. The summed E-state index contributed by atoms with van der Waals surface area (Å²) < 4.78 is 25.1. The first kappa shape index (κ1) is 22.0. The Bertz CT molecular complexity index is 929. The Hall–Kier alpha value is -2.65. The number of fused-ring (bicyclic) bond motifs is 1. The standard InChI is InChI=1S/C21H24FN3O4S/c1-4-23-17(26)11-14-12-30-21-24-13(2)18(20(27)29-10-9-28-3)19(25(14)21)15-7-5-6-8-16(15)22/h5-8,12,19H,4,9-11H2,1-3H3,(H,23,26). The molecule has 0 aromatic heterocycles. The summed E-state index contributed by atoms with van der Waals surface area (Å²) in [6, 6.07) is 5.49.